The van der Waals surface area contributed by atoms with Gasteiger partial charge in [0, 0.05) is 19.4 Å². The fourth-order valence-electron chi connectivity index (χ4n) is 8.50. The number of unbranched alkanes of at least 4 members (excludes halogenated alkanes) is 29. The lowest BCUT2D eigenvalue weighted by Gasteiger charge is -2.18. The molecule has 0 rings (SSSR count). The van der Waals surface area contributed by atoms with E-state index in [-0.39, 0.29) is 25.2 Å². The van der Waals surface area contributed by atoms with Crippen LogP contribution < -0.4 is 0 Å². The van der Waals surface area contributed by atoms with E-state index in [0.29, 0.717) is 19.4 Å². The second kappa shape index (κ2) is 62.1. The van der Waals surface area contributed by atoms with Gasteiger partial charge in [0.2, 0.25) is 0 Å². The molecule has 0 aliphatic rings. The number of esters is 2. The Kier molecular flexibility index (Phi) is 59.4. The van der Waals surface area contributed by atoms with Gasteiger partial charge in [-0.25, -0.2) is 0 Å². The Morgan fingerprint density at radius 1 is 0.319 bits per heavy atom. The predicted octanol–water partition coefficient (Wildman–Crippen LogP) is 21.4. The molecule has 0 N–H and O–H groups in total. The predicted molar refractivity (Wildman–Crippen MR) is 316 cm³/mol. The van der Waals surface area contributed by atoms with Gasteiger partial charge in [-0.05, 0) is 122 Å². The monoisotopic (exact) mass is 1000 g/mol. The van der Waals surface area contributed by atoms with E-state index in [4.69, 9.17) is 14.2 Å². The summed E-state index contributed by atoms with van der Waals surface area (Å²) in [5.41, 5.74) is 0. The summed E-state index contributed by atoms with van der Waals surface area (Å²) in [6.07, 6.45) is 84.3. The highest BCUT2D eigenvalue weighted by atomic mass is 16.6. The highest BCUT2D eigenvalue weighted by molar-refractivity contribution is 5.70. The molecule has 0 aliphatic carbocycles. The lowest BCUT2D eigenvalue weighted by molar-refractivity contribution is -0.163. The molecule has 0 amide bonds. The minimum Gasteiger partial charge on any atom is -0.462 e. The Balaban J connectivity index is 4.32. The van der Waals surface area contributed by atoms with E-state index in [0.717, 1.165) is 96.3 Å². The topological polar surface area (TPSA) is 61.8 Å². The number of allylic oxidation sites excluding steroid dienone is 16. The molecule has 414 valence electrons. The fourth-order valence-corrected chi connectivity index (χ4v) is 8.50. The Morgan fingerprint density at radius 2 is 0.625 bits per heavy atom. The van der Waals surface area contributed by atoms with Crippen molar-refractivity contribution in [3.8, 4) is 0 Å². The van der Waals surface area contributed by atoms with E-state index >= 15 is 0 Å². The molecule has 0 saturated carbocycles. The first-order chi connectivity index (χ1) is 35.6. The van der Waals surface area contributed by atoms with Crippen molar-refractivity contribution in [3.63, 3.8) is 0 Å². The zero-order chi connectivity index (χ0) is 52.0. The molecule has 0 fully saturated rings. The maximum Gasteiger partial charge on any atom is 0.306 e. The van der Waals surface area contributed by atoms with Gasteiger partial charge in [0.15, 0.2) is 6.10 Å². The molecule has 0 spiro atoms. The van der Waals surface area contributed by atoms with Gasteiger partial charge in [-0.3, -0.25) is 9.59 Å². The van der Waals surface area contributed by atoms with Crippen LogP contribution in [0.3, 0.4) is 0 Å². The van der Waals surface area contributed by atoms with Gasteiger partial charge in [0.25, 0.3) is 0 Å². The van der Waals surface area contributed by atoms with Crippen molar-refractivity contribution in [2.24, 2.45) is 0 Å². The number of rotatable bonds is 56. The van der Waals surface area contributed by atoms with E-state index in [1.165, 1.54) is 161 Å². The summed E-state index contributed by atoms with van der Waals surface area (Å²) in [4.78, 5) is 25.6. The van der Waals surface area contributed by atoms with Gasteiger partial charge in [-0.2, -0.15) is 0 Å². The third-order valence-electron chi connectivity index (χ3n) is 13.1. The third-order valence-corrected chi connectivity index (χ3v) is 13.1. The molecular formula is C67H116O5. The quantitative estimate of drug-likeness (QED) is 0.0345. The maximum absolute atomic E-state index is 12.9. The minimum atomic E-state index is -0.555. The van der Waals surface area contributed by atoms with Crippen molar-refractivity contribution in [2.45, 2.75) is 297 Å². The molecule has 1 unspecified atom stereocenters. The van der Waals surface area contributed by atoms with Crippen molar-refractivity contribution in [2.75, 3.05) is 19.8 Å². The molecule has 72 heavy (non-hydrogen) atoms. The maximum atomic E-state index is 12.9. The second-order valence-corrected chi connectivity index (χ2v) is 20.2. The van der Waals surface area contributed by atoms with Gasteiger partial charge in [0.1, 0.15) is 6.61 Å². The molecule has 0 aromatic heterocycles. The standard InChI is InChI=1S/C67H116O5/c1-4-7-10-13-16-19-22-25-28-31-33-35-38-41-44-47-50-53-56-59-62-70-63-65(72-67(69)61-58-55-52-49-46-43-40-36-30-27-24-21-18-15-12-9-6-3)64-71-66(68)60-57-54-51-48-45-42-39-37-34-32-29-26-23-20-17-14-11-8-5-2/h9,12,16-21,25-30,33,35,65H,4-8,10-11,13-15,22-24,31-32,34,36-64H2,1-3H3/b12-9-,19-16-,20-17-,21-18-,28-25-,29-26-,30-27-,35-33-. The number of carbonyl (C=O) groups is 2. The SMILES string of the molecule is CC/C=C\C/C=C\C/C=C\CCCCCCCCCC(=O)OC(COCCCCCCCCC/C=C\C/C=C\C/C=C\CCCCC)COC(=O)CCCCCCCCCCC/C=C\C/C=C\CCCCC. The van der Waals surface area contributed by atoms with Crippen LogP contribution in [0.1, 0.15) is 290 Å². The molecule has 5 nitrogen and oxygen atoms in total. The lowest BCUT2D eigenvalue weighted by Crippen LogP contribution is -2.30. The summed E-state index contributed by atoms with van der Waals surface area (Å²) >= 11 is 0. The van der Waals surface area contributed by atoms with E-state index in [1.807, 2.05) is 0 Å². The largest absolute Gasteiger partial charge is 0.462 e. The molecule has 5 heteroatoms. The van der Waals surface area contributed by atoms with Gasteiger partial charge in [0.05, 0.1) is 6.61 Å². The Hall–Kier alpha value is -3.18. The summed E-state index contributed by atoms with van der Waals surface area (Å²) in [5, 5.41) is 0. The van der Waals surface area contributed by atoms with Crippen molar-refractivity contribution in [3.05, 3.63) is 97.2 Å². The average Bonchev–Trinajstić information content (AvgIpc) is 3.38. The van der Waals surface area contributed by atoms with E-state index in [2.05, 4.69) is 118 Å². The van der Waals surface area contributed by atoms with E-state index in [9.17, 15) is 9.59 Å². The highest BCUT2D eigenvalue weighted by Gasteiger charge is 2.17. The molecule has 0 bridgehead atoms. The molecule has 0 saturated heterocycles. The van der Waals surface area contributed by atoms with Crippen molar-refractivity contribution in [1.82, 2.24) is 0 Å². The second-order valence-electron chi connectivity index (χ2n) is 20.2. The van der Waals surface area contributed by atoms with Crippen molar-refractivity contribution < 1.29 is 23.8 Å². The molecular weight excluding hydrogens is 885 g/mol. The van der Waals surface area contributed by atoms with Crippen molar-refractivity contribution >= 4 is 11.9 Å². The van der Waals surface area contributed by atoms with Crippen LogP contribution in [0.25, 0.3) is 0 Å². The molecule has 0 aromatic rings. The summed E-state index contributed by atoms with van der Waals surface area (Å²) in [5.74, 6) is -0.414. The van der Waals surface area contributed by atoms with E-state index < -0.39 is 6.10 Å². The Labute approximate surface area is 447 Å². The van der Waals surface area contributed by atoms with E-state index in [1.54, 1.807) is 0 Å². The van der Waals surface area contributed by atoms with Gasteiger partial charge in [-0.15, -0.1) is 0 Å². The Morgan fingerprint density at radius 3 is 1.00 bits per heavy atom. The summed E-state index contributed by atoms with van der Waals surface area (Å²) < 4.78 is 17.5. The van der Waals surface area contributed by atoms with Crippen LogP contribution in [-0.4, -0.2) is 37.9 Å². The molecule has 1 atom stereocenters. The first-order valence-corrected chi connectivity index (χ1v) is 30.8. The minimum absolute atomic E-state index is 0.0712. The fraction of sp³-hybridized carbons (Fsp3) is 0.731. The Bertz CT molecular complexity index is 1360. The number of ether oxygens (including phenoxy) is 3. The van der Waals surface area contributed by atoms with Crippen LogP contribution in [0.15, 0.2) is 97.2 Å². The molecule has 0 aromatic carbocycles. The highest BCUT2D eigenvalue weighted by Crippen LogP contribution is 2.15. The van der Waals surface area contributed by atoms with Crippen LogP contribution in [0.4, 0.5) is 0 Å². The lowest BCUT2D eigenvalue weighted by atomic mass is 10.1. The van der Waals surface area contributed by atoms with Gasteiger partial charge < -0.3 is 14.2 Å². The van der Waals surface area contributed by atoms with Crippen LogP contribution in [-0.2, 0) is 23.8 Å². The van der Waals surface area contributed by atoms with Crippen LogP contribution >= 0.6 is 0 Å². The van der Waals surface area contributed by atoms with Gasteiger partial charge in [-0.1, -0.05) is 253 Å². The zero-order valence-electron chi connectivity index (χ0n) is 47.7. The average molecular weight is 1000 g/mol. The number of hydrogen-bond acceptors (Lipinski definition) is 5. The normalized spacial score (nSPS) is 12.9. The van der Waals surface area contributed by atoms with Crippen molar-refractivity contribution in [1.29, 1.82) is 0 Å². The van der Waals surface area contributed by atoms with Gasteiger partial charge >= 0.3 is 11.9 Å². The molecule has 0 heterocycles. The third kappa shape index (κ3) is 59.4. The molecule has 0 radical (unpaired) electrons. The van der Waals surface area contributed by atoms with Crippen LogP contribution in [0.2, 0.25) is 0 Å². The first kappa shape index (κ1) is 68.8. The van der Waals surface area contributed by atoms with Crippen LogP contribution in [0, 0.1) is 0 Å². The smallest absolute Gasteiger partial charge is 0.306 e. The zero-order valence-corrected chi connectivity index (χ0v) is 47.7. The number of carbonyl (C=O) groups excluding carboxylic acids is 2. The first-order valence-electron chi connectivity index (χ1n) is 30.8. The summed E-state index contributed by atoms with van der Waals surface area (Å²) in [6, 6.07) is 0. The van der Waals surface area contributed by atoms with Crippen LogP contribution in [0.5, 0.6) is 0 Å². The molecule has 0 aliphatic heterocycles. The summed E-state index contributed by atoms with van der Waals surface area (Å²) in [6.45, 7) is 7.66. The summed E-state index contributed by atoms with van der Waals surface area (Å²) in [7, 11) is 0. The number of hydrogen-bond donors (Lipinski definition) is 0.